The number of rotatable bonds is 4. The van der Waals surface area contributed by atoms with Crippen molar-refractivity contribution in [3.05, 3.63) is 24.0 Å². The van der Waals surface area contributed by atoms with Crippen LogP contribution in [0.5, 0.6) is 0 Å². The van der Waals surface area contributed by atoms with Crippen LogP contribution in [0, 0.1) is 11.3 Å². The molecule has 0 amide bonds. The van der Waals surface area contributed by atoms with Gasteiger partial charge >= 0.3 is 0 Å². The van der Waals surface area contributed by atoms with Crippen molar-refractivity contribution in [3.63, 3.8) is 0 Å². The van der Waals surface area contributed by atoms with Gasteiger partial charge in [0, 0.05) is 18.2 Å². The molecule has 0 saturated heterocycles. The van der Waals surface area contributed by atoms with Crippen molar-refractivity contribution < 1.29 is 0 Å². The lowest BCUT2D eigenvalue weighted by Gasteiger charge is -2.23. The average Bonchev–Trinajstić information content (AvgIpc) is 3.07. The first-order chi connectivity index (χ1) is 9.43. The van der Waals surface area contributed by atoms with Crippen LogP contribution in [-0.4, -0.2) is 9.55 Å². The van der Waals surface area contributed by atoms with E-state index in [1.807, 2.05) is 12.1 Å². The van der Waals surface area contributed by atoms with E-state index in [1.54, 1.807) is 0 Å². The fraction of sp³-hybridized carbons (Fsp3) is 0.588. The van der Waals surface area contributed by atoms with Gasteiger partial charge < -0.3 is 10.3 Å². The molecular weight excluding hydrogens is 246 g/mol. The van der Waals surface area contributed by atoms with Gasteiger partial charge in [0.05, 0.1) is 11.0 Å². The molecule has 0 radical (unpaired) electrons. The van der Waals surface area contributed by atoms with E-state index in [0.717, 1.165) is 23.7 Å². The molecule has 0 bridgehead atoms. The van der Waals surface area contributed by atoms with E-state index in [1.165, 1.54) is 24.2 Å². The van der Waals surface area contributed by atoms with Crippen molar-refractivity contribution >= 4 is 16.7 Å². The summed E-state index contributed by atoms with van der Waals surface area (Å²) in [6.07, 6.45) is 2.69. The van der Waals surface area contributed by atoms with Gasteiger partial charge in [-0.2, -0.15) is 0 Å². The summed E-state index contributed by atoms with van der Waals surface area (Å²) in [7, 11) is 0. The molecule has 1 aliphatic carbocycles. The van der Waals surface area contributed by atoms with Crippen LogP contribution in [0.4, 0.5) is 5.69 Å². The summed E-state index contributed by atoms with van der Waals surface area (Å²) in [5.41, 5.74) is 9.44. The fourth-order valence-corrected chi connectivity index (χ4v) is 3.17. The van der Waals surface area contributed by atoms with Gasteiger partial charge in [0.15, 0.2) is 0 Å². The first kappa shape index (κ1) is 13.5. The van der Waals surface area contributed by atoms with Crippen LogP contribution in [0.1, 0.15) is 52.3 Å². The van der Waals surface area contributed by atoms with Gasteiger partial charge in [0.1, 0.15) is 5.82 Å². The normalized spacial score (nSPS) is 17.3. The third-order valence-electron chi connectivity index (χ3n) is 4.91. The van der Waals surface area contributed by atoms with Gasteiger partial charge in [-0.1, -0.05) is 27.7 Å². The second kappa shape index (κ2) is 4.51. The van der Waals surface area contributed by atoms with Crippen LogP contribution in [0.15, 0.2) is 18.2 Å². The van der Waals surface area contributed by atoms with E-state index in [9.17, 15) is 0 Å². The standard InChI is InChI=1S/C17H25N3/c1-11(2)16-19-14-9-13(18)5-6-15(14)20(16)10-17(7-8-17)12(3)4/h5-6,9,11-12H,7-8,10,18H2,1-4H3. The topological polar surface area (TPSA) is 43.8 Å². The summed E-state index contributed by atoms with van der Waals surface area (Å²) in [6.45, 7) is 10.2. The molecule has 1 aromatic carbocycles. The Hall–Kier alpha value is -1.51. The van der Waals surface area contributed by atoms with Gasteiger partial charge in [-0.3, -0.25) is 0 Å². The number of hydrogen-bond donors (Lipinski definition) is 1. The SMILES string of the molecule is CC(C)c1nc2cc(N)ccc2n1CC1(C(C)C)CC1. The Morgan fingerprint density at radius 1 is 1.25 bits per heavy atom. The molecule has 1 aromatic heterocycles. The van der Waals surface area contributed by atoms with Crippen molar-refractivity contribution in [1.29, 1.82) is 0 Å². The molecule has 2 aromatic rings. The third-order valence-corrected chi connectivity index (χ3v) is 4.91. The monoisotopic (exact) mass is 271 g/mol. The minimum absolute atomic E-state index is 0.437. The molecule has 2 N–H and O–H groups in total. The van der Waals surface area contributed by atoms with Crippen LogP contribution in [0.2, 0.25) is 0 Å². The van der Waals surface area contributed by atoms with Crippen molar-refractivity contribution in [2.24, 2.45) is 11.3 Å². The maximum atomic E-state index is 5.90. The second-order valence-electron chi connectivity index (χ2n) is 6.98. The molecular formula is C17H25N3. The molecule has 1 saturated carbocycles. The zero-order chi connectivity index (χ0) is 14.5. The van der Waals surface area contributed by atoms with Gasteiger partial charge in [-0.15, -0.1) is 0 Å². The van der Waals surface area contributed by atoms with Gasteiger partial charge in [-0.25, -0.2) is 4.98 Å². The maximum Gasteiger partial charge on any atom is 0.112 e. The smallest absolute Gasteiger partial charge is 0.112 e. The Labute approximate surface area is 121 Å². The zero-order valence-electron chi connectivity index (χ0n) is 13.0. The molecule has 3 rings (SSSR count). The highest BCUT2D eigenvalue weighted by molar-refractivity contribution is 5.79. The number of fused-ring (bicyclic) bond motifs is 1. The lowest BCUT2D eigenvalue weighted by Crippen LogP contribution is -2.19. The van der Waals surface area contributed by atoms with Crippen molar-refractivity contribution in [2.45, 2.75) is 53.0 Å². The first-order valence-corrected chi connectivity index (χ1v) is 7.68. The van der Waals surface area contributed by atoms with Gasteiger partial charge in [0.2, 0.25) is 0 Å². The Balaban J connectivity index is 2.10. The van der Waals surface area contributed by atoms with E-state index in [-0.39, 0.29) is 0 Å². The molecule has 0 spiro atoms. The van der Waals surface area contributed by atoms with E-state index < -0.39 is 0 Å². The van der Waals surface area contributed by atoms with Crippen LogP contribution in [0.25, 0.3) is 11.0 Å². The lowest BCUT2D eigenvalue weighted by molar-refractivity contribution is 0.307. The van der Waals surface area contributed by atoms with Crippen molar-refractivity contribution in [3.8, 4) is 0 Å². The number of aromatic nitrogens is 2. The largest absolute Gasteiger partial charge is 0.399 e. The molecule has 3 heteroatoms. The Morgan fingerprint density at radius 3 is 2.50 bits per heavy atom. The number of benzene rings is 1. The highest BCUT2D eigenvalue weighted by Crippen LogP contribution is 2.53. The third kappa shape index (κ3) is 2.09. The quantitative estimate of drug-likeness (QED) is 0.848. The van der Waals surface area contributed by atoms with E-state index in [4.69, 9.17) is 10.7 Å². The number of nitrogens with zero attached hydrogens (tertiary/aromatic N) is 2. The highest BCUT2D eigenvalue weighted by Gasteiger charge is 2.46. The summed E-state index contributed by atoms with van der Waals surface area (Å²) < 4.78 is 2.44. The van der Waals surface area contributed by atoms with Crippen LogP contribution >= 0.6 is 0 Å². The van der Waals surface area contributed by atoms with Crippen LogP contribution < -0.4 is 5.73 Å². The number of nitrogens with two attached hydrogens (primary N) is 1. The van der Waals surface area contributed by atoms with E-state index in [2.05, 4.69) is 38.3 Å². The summed E-state index contributed by atoms with van der Waals surface area (Å²) in [5, 5.41) is 0. The highest BCUT2D eigenvalue weighted by atomic mass is 15.1. The summed E-state index contributed by atoms with van der Waals surface area (Å²) in [4.78, 5) is 4.83. The van der Waals surface area contributed by atoms with E-state index in [0.29, 0.717) is 11.3 Å². The molecule has 1 aliphatic rings. The predicted molar refractivity (Wildman–Crippen MR) is 84.7 cm³/mol. The number of imidazole rings is 1. The van der Waals surface area contributed by atoms with Crippen LogP contribution in [0.3, 0.4) is 0 Å². The van der Waals surface area contributed by atoms with E-state index >= 15 is 0 Å². The Bertz CT molecular complexity index is 633. The zero-order valence-corrected chi connectivity index (χ0v) is 13.0. The van der Waals surface area contributed by atoms with Gasteiger partial charge in [-0.05, 0) is 42.4 Å². The lowest BCUT2D eigenvalue weighted by atomic mass is 9.92. The maximum absolute atomic E-state index is 5.90. The van der Waals surface area contributed by atoms with Crippen molar-refractivity contribution in [1.82, 2.24) is 9.55 Å². The predicted octanol–water partition coefficient (Wildman–Crippen LogP) is 4.18. The number of anilines is 1. The minimum atomic E-state index is 0.437. The molecule has 0 aliphatic heterocycles. The number of hydrogen-bond acceptors (Lipinski definition) is 2. The number of nitrogen functional groups attached to an aromatic ring is 1. The van der Waals surface area contributed by atoms with Crippen molar-refractivity contribution in [2.75, 3.05) is 5.73 Å². The molecule has 20 heavy (non-hydrogen) atoms. The summed E-state index contributed by atoms with van der Waals surface area (Å²) in [6, 6.07) is 6.10. The van der Waals surface area contributed by atoms with Gasteiger partial charge in [0.25, 0.3) is 0 Å². The average molecular weight is 271 g/mol. The first-order valence-electron chi connectivity index (χ1n) is 7.68. The molecule has 0 unspecified atom stereocenters. The molecule has 3 nitrogen and oxygen atoms in total. The summed E-state index contributed by atoms with van der Waals surface area (Å²) in [5.74, 6) is 2.36. The molecule has 1 heterocycles. The second-order valence-corrected chi connectivity index (χ2v) is 6.98. The molecule has 0 atom stereocenters. The fourth-order valence-electron chi connectivity index (χ4n) is 3.17. The molecule has 1 fully saturated rings. The summed E-state index contributed by atoms with van der Waals surface area (Å²) >= 11 is 0. The molecule has 108 valence electrons. The minimum Gasteiger partial charge on any atom is -0.399 e. The Kier molecular flexibility index (Phi) is 3.03. The van der Waals surface area contributed by atoms with Crippen LogP contribution in [-0.2, 0) is 6.54 Å². The Morgan fingerprint density at radius 2 is 1.95 bits per heavy atom.